The molecule has 0 atom stereocenters. The van der Waals surface area contributed by atoms with Gasteiger partial charge < -0.3 is 19.8 Å². The molecule has 0 bridgehead atoms. The van der Waals surface area contributed by atoms with Gasteiger partial charge in [-0.05, 0) is 36.8 Å². The van der Waals surface area contributed by atoms with E-state index < -0.39 is 0 Å². The van der Waals surface area contributed by atoms with Gasteiger partial charge in [0.2, 0.25) is 5.82 Å². The van der Waals surface area contributed by atoms with Gasteiger partial charge in [0.15, 0.2) is 11.7 Å². The number of hydrogen-bond acceptors (Lipinski definition) is 5. The first-order valence-electron chi connectivity index (χ1n) is 9.13. The van der Waals surface area contributed by atoms with Gasteiger partial charge in [-0.1, -0.05) is 6.42 Å². The monoisotopic (exact) mass is 488 g/mol. The Balaban J connectivity index is 0.00000261. The van der Waals surface area contributed by atoms with E-state index in [0.29, 0.717) is 17.0 Å². The van der Waals surface area contributed by atoms with Crippen LogP contribution in [0.15, 0.2) is 27.8 Å². The van der Waals surface area contributed by atoms with Crippen molar-refractivity contribution in [2.24, 2.45) is 10.4 Å². The minimum Gasteiger partial charge on any atom is -0.461 e. The zero-order valence-electron chi connectivity index (χ0n) is 16.0. The van der Waals surface area contributed by atoms with Crippen LogP contribution in [0.1, 0.15) is 31.5 Å². The summed E-state index contributed by atoms with van der Waals surface area (Å²) >= 11 is 0. The molecule has 1 fully saturated rings. The standard InChI is InChI=1S/C18H28N6O2.HI/c1-19-17(21-13-18(7-4-8-18)9-12-25-2)20-10-6-15-22-16(24-23-15)14-5-3-11-26-14;/h3,5,11H,4,6-10,12-13H2,1-2H3,(H2,19,20,21)(H,22,23,24);1H. The number of H-pyrrole nitrogens is 1. The van der Waals surface area contributed by atoms with Crippen molar-refractivity contribution in [3.05, 3.63) is 24.2 Å². The lowest BCUT2D eigenvalue weighted by atomic mass is 9.67. The first-order valence-corrected chi connectivity index (χ1v) is 9.13. The smallest absolute Gasteiger partial charge is 0.216 e. The molecule has 2 heterocycles. The Morgan fingerprint density at radius 1 is 1.41 bits per heavy atom. The SMILES string of the molecule is CN=C(NCCc1nc(-c2ccco2)n[nH]1)NCC1(CCOC)CCC1.I. The molecule has 150 valence electrons. The fraction of sp³-hybridized carbons (Fsp3) is 0.611. The highest BCUT2D eigenvalue weighted by Gasteiger charge is 2.36. The van der Waals surface area contributed by atoms with Crippen molar-refractivity contribution in [1.29, 1.82) is 0 Å². The number of aliphatic imine (C=N–C) groups is 1. The zero-order valence-corrected chi connectivity index (χ0v) is 18.3. The van der Waals surface area contributed by atoms with Crippen molar-refractivity contribution in [3.8, 4) is 11.6 Å². The minimum atomic E-state index is 0. The fourth-order valence-electron chi connectivity index (χ4n) is 3.22. The summed E-state index contributed by atoms with van der Waals surface area (Å²) in [6.07, 6.45) is 7.26. The van der Waals surface area contributed by atoms with Crippen LogP contribution in [0.2, 0.25) is 0 Å². The molecule has 2 aromatic heterocycles. The molecule has 27 heavy (non-hydrogen) atoms. The Bertz CT molecular complexity index is 697. The maximum absolute atomic E-state index is 5.30. The number of rotatable bonds is 9. The van der Waals surface area contributed by atoms with E-state index in [1.54, 1.807) is 20.4 Å². The second-order valence-electron chi connectivity index (χ2n) is 6.78. The predicted octanol–water partition coefficient (Wildman–Crippen LogP) is 2.60. The molecule has 8 nitrogen and oxygen atoms in total. The van der Waals surface area contributed by atoms with E-state index >= 15 is 0 Å². The van der Waals surface area contributed by atoms with Gasteiger partial charge in [0.1, 0.15) is 5.82 Å². The van der Waals surface area contributed by atoms with Crippen LogP contribution in [0, 0.1) is 5.41 Å². The van der Waals surface area contributed by atoms with Gasteiger partial charge in [-0.15, -0.1) is 24.0 Å². The quantitative estimate of drug-likeness (QED) is 0.285. The van der Waals surface area contributed by atoms with Crippen LogP contribution in [0.5, 0.6) is 0 Å². The Hall–Kier alpha value is -1.62. The topological polar surface area (TPSA) is 100 Å². The van der Waals surface area contributed by atoms with Crippen LogP contribution < -0.4 is 10.6 Å². The van der Waals surface area contributed by atoms with E-state index in [2.05, 4.69) is 30.8 Å². The molecule has 3 rings (SSSR count). The molecule has 2 aromatic rings. The largest absolute Gasteiger partial charge is 0.461 e. The summed E-state index contributed by atoms with van der Waals surface area (Å²) in [5, 5.41) is 13.9. The van der Waals surface area contributed by atoms with E-state index in [1.165, 1.54) is 19.3 Å². The van der Waals surface area contributed by atoms with E-state index in [-0.39, 0.29) is 24.0 Å². The number of guanidine groups is 1. The predicted molar refractivity (Wildman–Crippen MR) is 115 cm³/mol. The van der Waals surface area contributed by atoms with Crippen LogP contribution in [-0.4, -0.2) is 55.0 Å². The zero-order chi connectivity index (χ0) is 18.2. The fourth-order valence-corrected chi connectivity index (χ4v) is 3.22. The van der Waals surface area contributed by atoms with Crippen LogP contribution in [0.25, 0.3) is 11.6 Å². The Morgan fingerprint density at radius 2 is 2.26 bits per heavy atom. The molecule has 0 amide bonds. The average Bonchev–Trinajstić information content (AvgIpc) is 3.30. The molecule has 0 aliphatic heterocycles. The maximum Gasteiger partial charge on any atom is 0.216 e. The van der Waals surface area contributed by atoms with E-state index in [9.17, 15) is 0 Å². The van der Waals surface area contributed by atoms with E-state index in [4.69, 9.17) is 9.15 Å². The molecular formula is C18H29IN6O2. The Labute approximate surface area is 177 Å². The van der Waals surface area contributed by atoms with Crippen molar-refractivity contribution in [1.82, 2.24) is 25.8 Å². The maximum atomic E-state index is 5.30. The van der Waals surface area contributed by atoms with Crippen molar-refractivity contribution in [3.63, 3.8) is 0 Å². The molecular weight excluding hydrogens is 459 g/mol. The number of furan rings is 1. The number of halogens is 1. The van der Waals surface area contributed by atoms with Gasteiger partial charge in [0, 0.05) is 40.3 Å². The molecule has 1 saturated carbocycles. The van der Waals surface area contributed by atoms with Gasteiger partial charge in [0.25, 0.3) is 0 Å². The number of hydrogen-bond donors (Lipinski definition) is 3. The molecule has 0 radical (unpaired) electrons. The third-order valence-corrected chi connectivity index (χ3v) is 5.03. The molecule has 9 heteroatoms. The molecule has 0 aromatic carbocycles. The van der Waals surface area contributed by atoms with Gasteiger partial charge in [0.05, 0.1) is 6.26 Å². The second kappa shape index (κ2) is 10.6. The summed E-state index contributed by atoms with van der Waals surface area (Å²) in [7, 11) is 3.56. The molecule has 1 aliphatic carbocycles. The summed E-state index contributed by atoms with van der Waals surface area (Å²) in [4.78, 5) is 8.75. The van der Waals surface area contributed by atoms with Crippen LogP contribution in [0.4, 0.5) is 0 Å². The van der Waals surface area contributed by atoms with Crippen LogP contribution in [-0.2, 0) is 11.2 Å². The van der Waals surface area contributed by atoms with Crippen molar-refractivity contribution >= 4 is 29.9 Å². The number of aromatic amines is 1. The summed E-state index contributed by atoms with van der Waals surface area (Å²) < 4.78 is 10.6. The highest BCUT2D eigenvalue weighted by molar-refractivity contribution is 14.0. The molecule has 0 unspecified atom stereocenters. The number of aromatic nitrogens is 3. The summed E-state index contributed by atoms with van der Waals surface area (Å²) in [6, 6.07) is 3.67. The van der Waals surface area contributed by atoms with Crippen molar-refractivity contribution in [2.45, 2.75) is 32.1 Å². The van der Waals surface area contributed by atoms with Gasteiger partial charge in [-0.2, -0.15) is 5.10 Å². The molecule has 0 saturated heterocycles. The highest BCUT2D eigenvalue weighted by Crippen LogP contribution is 2.43. The Morgan fingerprint density at radius 3 is 2.89 bits per heavy atom. The van der Waals surface area contributed by atoms with Crippen molar-refractivity contribution in [2.75, 3.05) is 33.9 Å². The summed E-state index contributed by atoms with van der Waals surface area (Å²) in [5.74, 6) is 2.88. The summed E-state index contributed by atoms with van der Waals surface area (Å²) in [5.41, 5.74) is 0.358. The number of nitrogens with one attached hydrogen (secondary N) is 3. The normalized spacial score (nSPS) is 15.7. The lowest BCUT2D eigenvalue weighted by Crippen LogP contribution is -2.47. The van der Waals surface area contributed by atoms with Crippen molar-refractivity contribution < 1.29 is 9.15 Å². The van der Waals surface area contributed by atoms with E-state index in [1.807, 2.05) is 12.1 Å². The molecule has 3 N–H and O–H groups in total. The average molecular weight is 488 g/mol. The van der Waals surface area contributed by atoms with Gasteiger partial charge >= 0.3 is 0 Å². The van der Waals surface area contributed by atoms with E-state index in [0.717, 1.165) is 44.3 Å². The number of nitrogens with zero attached hydrogens (tertiary/aromatic N) is 3. The highest BCUT2D eigenvalue weighted by atomic mass is 127. The lowest BCUT2D eigenvalue weighted by Gasteiger charge is -2.42. The van der Waals surface area contributed by atoms with Gasteiger partial charge in [-0.25, -0.2) is 4.98 Å². The Kier molecular flexibility index (Phi) is 8.55. The van der Waals surface area contributed by atoms with Crippen LogP contribution in [0.3, 0.4) is 0 Å². The third kappa shape index (κ3) is 5.93. The molecule has 1 aliphatic rings. The first kappa shape index (κ1) is 21.7. The second-order valence-corrected chi connectivity index (χ2v) is 6.78. The number of ether oxygens (including phenoxy) is 1. The number of methoxy groups -OCH3 is 1. The third-order valence-electron chi connectivity index (χ3n) is 5.03. The first-order chi connectivity index (χ1) is 12.7. The minimum absolute atomic E-state index is 0. The van der Waals surface area contributed by atoms with Gasteiger partial charge in [-0.3, -0.25) is 10.1 Å². The van der Waals surface area contributed by atoms with Crippen LogP contribution >= 0.6 is 24.0 Å². The lowest BCUT2D eigenvalue weighted by molar-refractivity contribution is 0.0732. The summed E-state index contributed by atoms with van der Waals surface area (Å²) in [6.45, 7) is 2.47. The molecule has 0 spiro atoms.